The third-order valence-corrected chi connectivity index (χ3v) is 6.57. The van der Waals surface area contributed by atoms with Crippen molar-refractivity contribution in [3.05, 3.63) is 52.0 Å². The molecule has 0 atom stereocenters. The molecule has 1 aliphatic rings. The van der Waals surface area contributed by atoms with E-state index >= 15 is 0 Å². The Bertz CT molecular complexity index is 1020. The number of benzene rings is 1. The number of carbonyl (C=O) groups excluding carboxylic acids is 1. The van der Waals surface area contributed by atoms with Crippen molar-refractivity contribution in [2.45, 2.75) is 40.4 Å². The largest absolute Gasteiger partial charge is 0.379 e. The molecular weight excluding hydrogens is 396 g/mol. The number of thiophene rings is 1. The molecule has 0 unspecified atom stereocenters. The first kappa shape index (κ1) is 21.0. The molecule has 1 N–H and O–H groups in total. The van der Waals surface area contributed by atoms with Crippen molar-refractivity contribution >= 4 is 27.5 Å². The van der Waals surface area contributed by atoms with Crippen LogP contribution in [0.2, 0.25) is 0 Å². The molecule has 3 aromatic rings. The van der Waals surface area contributed by atoms with E-state index in [1.807, 2.05) is 23.7 Å². The number of nitrogens with zero attached hydrogens (tertiary/aromatic N) is 3. The second-order valence-corrected chi connectivity index (χ2v) is 9.36. The predicted octanol–water partition coefficient (Wildman–Crippen LogP) is 3.82. The van der Waals surface area contributed by atoms with Gasteiger partial charge in [-0.3, -0.25) is 14.4 Å². The number of rotatable bonds is 7. The van der Waals surface area contributed by atoms with E-state index in [-0.39, 0.29) is 5.91 Å². The summed E-state index contributed by atoms with van der Waals surface area (Å²) in [5.41, 5.74) is 3.41. The van der Waals surface area contributed by atoms with Crippen LogP contribution < -0.4 is 5.32 Å². The van der Waals surface area contributed by atoms with Gasteiger partial charge in [-0.15, -0.1) is 11.3 Å². The van der Waals surface area contributed by atoms with E-state index < -0.39 is 0 Å². The predicted molar refractivity (Wildman–Crippen MR) is 121 cm³/mol. The number of carbonyl (C=O) groups is 1. The highest BCUT2D eigenvalue weighted by atomic mass is 32.1. The number of nitrogens with one attached hydrogen (secondary N) is 1. The van der Waals surface area contributed by atoms with E-state index in [0.717, 1.165) is 60.2 Å². The highest BCUT2D eigenvalue weighted by Crippen LogP contribution is 2.29. The van der Waals surface area contributed by atoms with Crippen LogP contribution in [-0.4, -0.2) is 46.9 Å². The van der Waals surface area contributed by atoms with Crippen LogP contribution in [0, 0.1) is 12.8 Å². The van der Waals surface area contributed by atoms with Gasteiger partial charge in [-0.2, -0.15) is 5.10 Å². The van der Waals surface area contributed by atoms with Crippen molar-refractivity contribution in [2.75, 3.05) is 26.3 Å². The van der Waals surface area contributed by atoms with Crippen molar-refractivity contribution in [1.82, 2.24) is 20.0 Å². The van der Waals surface area contributed by atoms with Crippen molar-refractivity contribution in [3.8, 4) is 0 Å². The number of morpholine rings is 1. The van der Waals surface area contributed by atoms with E-state index in [1.165, 1.54) is 22.5 Å². The summed E-state index contributed by atoms with van der Waals surface area (Å²) in [7, 11) is 0. The maximum absolute atomic E-state index is 12.9. The fourth-order valence-electron chi connectivity index (χ4n) is 3.84. The van der Waals surface area contributed by atoms with Gasteiger partial charge in [0.2, 0.25) is 0 Å². The third kappa shape index (κ3) is 4.74. The first-order valence-corrected chi connectivity index (χ1v) is 11.4. The molecule has 1 aromatic carbocycles. The fourth-order valence-corrected chi connectivity index (χ4v) is 4.93. The average molecular weight is 427 g/mol. The first-order valence-electron chi connectivity index (χ1n) is 10.6. The maximum Gasteiger partial charge on any atom is 0.261 e. The number of amides is 1. The monoisotopic (exact) mass is 426 g/mol. The number of hydrogen-bond acceptors (Lipinski definition) is 5. The molecule has 7 heteroatoms. The molecule has 1 fully saturated rings. The van der Waals surface area contributed by atoms with Crippen LogP contribution in [0.15, 0.2) is 30.3 Å². The Morgan fingerprint density at radius 3 is 2.70 bits per heavy atom. The van der Waals surface area contributed by atoms with E-state index in [1.54, 1.807) is 0 Å². The normalized spacial score (nSPS) is 15.2. The van der Waals surface area contributed by atoms with Crippen LogP contribution in [-0.2, 0) is 24.4 Å². The molecule has 0 radical (unpaired) electrons. The zero-order valence-corrected chi connectivity index (χ0v) is 18.8. The number of ether oxygens (including phenoxy) is 1. The zero-order chi connectivity index (χ0) is 21.1. The topological polar surface area (TPSA) is 59.4 Å². The molecule has 0 saturated carbocycles. The summed E-state index contributed by atoms with van der Waals surface area (Å²) in [6.07, 6.45) is 0. The summed E-state index contributed by atoms with van der Waals surface area (Å²) in [6, 6.07) is 10.3. The van der Waals surface area contributed by atoms with Gasteiger partial charge < -0.3 is 10.1 Å². The van der Waals surface area contributed by atoms with Crippen LogP contribution in [0.4, 0.5) is 0 Å². The molecule has 4 rings (SSSR count). The van der Waals surface area contributed by atoms with Gasteiger partial charge in [-0.05, 0) is 30.0 Å². The van der Waals surface area contributed by atoms with Gasteiger partial charge in [0.25, 0.3) is 5.91 Å². The van der Waals surface area contributed by atoms with Gasteiger partial charge in [0.1, 0.15) is 4.83 Å². The summed E-state index contributed by atoms with van der Waals surface area (Å²) < 4.78 is 7.48. The van der Waals surface area contributed by atoms with Crippen molar-refractivity contribution < 1.29 is 9.53 Å². The average Bonchev–Trinajstić information content (AvgIpc) is 3.29. The molecule has 6 nitrogen and oxygen atoms in total. The molecule has 160 valence electrons. The molecule has 2 aromatic heterocycles. The fraction of sp³-hybridized carbons (Fsp3) is 0.478. The minimum Gasteiger partial charge on any atom is -0.379 e. The Morgan fingerprint density at radius 2 is 1.97 bits per heavy atom. The lowest BCUT2D eigenvalue weighted by molar-refractivity contribution is 0.0340. The van der Waals surface area contributed by atoms with Crippen LogP contribution >= 0.6 is 11.3 Å². The Balaban J connectivity index is 1.45. The molecule has 1 aliphatic heterocycles. The van der Waals surface area contributed by atoms with Gasteiger partial charge in [-0.1, -0.05) is 38.1 Å². The smallest absolute Gasteiger partial charge is 0.261 e. The number of fused-ring (bicyclic) bond motifs is 1. The van der Waals surface area contributed by atoms with E-state index in [9.17, 15) is 4.79 Å². The second kappa shape index (κ2) is 9.29. The van der Waals surface area contributed by atoms with Crippen LogP contribution in [0.5, 0.6) is 0 Å². The van der Waals surface area contributed by atoms with E-state index in [2.05, 4.69) is 47.4 Å². The SMILES string of the molecule is Cc1nn(CC(C)C)c2sc(C(=O)NCc3ccccc3CN3CCOCC3)cc12. The van der Waals surface area contributed by atoms with E-state index in [4.69, 9.17) is 4.74 Å². The van der Waals surface area contributed by atoms with Gasteiger partial charge >= 0.3 is 0 Å². The van der Waals surface area contributed by atoms with Crippen LogP contribution in [0.1, 0.15) is 40.3 Å². The third-order valence-electron chi connectivity index (χ3n) is 5.42. The van der Waals surface area contributed by atoms with Gasteiger partial charge in [0, 0.05) is 38.1 Å². The summed E-state index contributed by atoms with van der Waals surface area (Å²) in [4.78, 5) is 17.1. The zero-order valence-electron chi connectivity index (χ0n) is 18.0. The Labute approximate surface area is 181 Å². The van der Waals surface area contributed by atoms with Gasteiger partial charge in [0.05, 0.1) is 23.8 Å². The maximum atomic E-state index is 12.9. The Morgan fingerprint density at radius 1 is 1.23 bits per heavy atom. The molecule has 3 heterocycles. The standard InChI is InChI=1S/C23H30N4O2S/c1-16(2)14-27-23-20(17(3)25-27)12-21(30-23)22(28)24-13-18-6-4-5-7-19(18)15-26-8-10-29-11-9-26/h4-7,12,16H,8-11,13-15H2,1-3H3,(H,24,28). The van der Waals surface area contributed by atoms with Crippen molar-refractivity contribution in [1.29, 1.82) is 0 Å². The van der Waals surface area contributed by atoms with Crippen molar-refractivity contribution in [2.24, 2.45) is 5.92 Å². The minimum absolute atomic E-state index is 0.0205. The number of aromatic nitrogens is 2. The Kier molecular flexibility index (Phi) is 6.51. The Hall–Kier alpha value is -2.22. The number of aryl methyl sites for hydroxylation is 1. The lowest BCUT2D eigenvalue weighted by Gasteiger charge is -2.27. The van der Waals surface area contributed by atoms with Crippen LogP contribution in [0.25, 0.3) is 10.2 Å². The molecule has 1 amide bonds. The molecule has 1 saturated heterocycles. The van der Waals surface area contributed by atoms with Crippen LogP contribution in [0.3, 0.4) is 0 Å². The molecule has 0 bridgehead atoms. The first-order chi connectivity index (χ1) is 14.5. The molecular formula is C23H30N4O2S. The summed E-state index contributed by atoms with van der Waals surface area (Å²) in [5, 5.41) is 8.84. The lowest BCUT2D eigenvalue weighted by Crippen LogP contribution is -2.36. The minimum atomic E-state index is -0.0205. The lowest BCUT2D eigenvalue weighted by atomic mass is 10.1. The van der Waals surface area contributed by atoms with Crippen molar-refractivity contribution in [3.63, 3.8) is 0 Å². The van der Waals surface area contributed by atoms with E-state index in [0.29, 0.717) is 12.5 Å². The quantitative estimate of drug-likeness (QED) is 0.624. The summed E-state index contributed by atoms with van der Waals surface area (Å²) in [6.45, 7) is 12.1. The molecule has 0 spiro atoms. The highest BCUT2D eigenvalue weighted by Gasteiger charge is 2.17. The summed E-state index contributed by atoms with van der Waals surface area (Å²) >= 11 is 1.53. The number of hydrogen-bond donors (Lipinski definition) is 1. The molecule has 0 aliphatic carbocycles. The highest BCUT2D eigenvalue weighted by molar-refractivity contribution is 7.20. The van der Waals surface area contributed by atoms with Gasteiger partial charge in [-0.25, -0.2) is 0 Å². The second-order valence-electron chi connectivity index (χ2n) is 8.33. The molecule has 30 heavy (non-hydrogen) atoms. The summed E-state index contributed by atoms with van der Waals surface area (Å²) in [5.74, 6) is 0.489. The van der Waals surface area contributed by atoms with Gasteiger partial charge in [0.15, 0.2) is 0 Å².